The average Bonchev–Trinajstić information content (AvgIpc) is 3.08. The van der Waals surface area contributed by atoms with Crippen LogP contribution in [-0.2, 0) is 19.1 Å². The van der Waals surface area contributed by atoms with Gasteiger partial charge in [-0.3, -0.25) is 14.5 Å². The van der Waals surface area contributed by atoms with Gasteiger partial charge >= 0.3 is 5.97 Å². The van der Waals surface area contributed by atoms with Crippen LogP contribution in [0, 0.1) is 29.6 Å². The molecule has 2 aliphatic carbocycles. The summed E-state index contributed by atoms with van der Waals surface area (Å²) in [5, 5.41) is 0. The molecule has 5 heteroatoms. The van der Waals surface area contributed by atoms with Gasteiger partial charge in [-0.2, -0.15) is 0 Å². The molecule has 0 unspecified atom stereocenters. The maximum atomic E-state index is 12.7. The van der Waals surface area contributed by atoms with Gasteiger partial charge in [0, 0.05) is 0 Å². The monoisotopic (exact) mass is 293 g/mol. The Morgan fingerprint density at radius 2 is 1.71 bits per heavy atom. The summed E-state index contributed by atoms with van der Waals surface area (Å²) in [6.45, 7) is 5.70. The van der Waals surface area contributed by atoms with Gasteiger partial charge in [0.1, 0.15) is 6.04 Å². The summed E-state index contributed by atoms with van der Waals surface area (Å²) in [6, 6.07) is -0.769. The first-order chi connectivity index (χ1) is 9.97. The van der Waals surface area contributed by atoms with E-state index in [0.717, 1.165) is 19.3 Å². The van der Waals surface area contributed by atoms with Gasteiger partial charge in [0.2, 0.25) is 11.8 Å². The molecule has 1 heterocycles. The van der Waals surface area contributed by atoms with Crippen molar-refractivity contribution in [2.45, 2.75) is 46.1 Å². The van der Waals surface area contributed by atoms with E-state index in [-0.39, 0.29) is 36.2 Å². The number of fused-ring (bicyclic) bond motifs is 5. The van der Waals surface area contributed by atoms with Gasteiger partial charge < -0.3 is 4.74 Å². The van der Waals surface area contributed by atoms with Crippen LogP contribution in [0.4, 0.5) is 0 Å². The number of hydrogen-bond acceptors (Lipinski definition) is 4. The van der Waals surface area contributed by atoms with E-state index in [1.807, 2.05) is 13.8 Å². The normalized spacial score (nSPS) is 35.5. The molecule has 116 valence electrons. The van der Waals surface area contributed by atoms with Gasteiger partial charge in [-0.25, -0.2) is 4.79 Å². The third-order valence-electron chi connectivity index (χ3n) is 5.40. The Labute approximate surface area is 125 Å². The molecule has 3 rings (SSSR count). The highest BCUT2D eigenvalue weighted by molar-refractivity contribution is 6.08. The van der Waals surface area contributed by atoms with Crippen LogP contribution in [0.25, 0.3) is 0 Å². The van der Waals surface area contributed by atoms with Gasteiger partial charge in [0.05, 0.1) is 18.4 Å². The second-order valence-electron chi connectivity index (χ2n) is 6.87. The zero-order valence-corrected chi connectivity index (χ0v) is 12.9. The smallest absolute Gasteiger partial charge is 0.329 e. The van der Waals surface area contributed by atoms with Crippen LogP contribution in [0.1, 0.15) is 40.0 Å². The average molecular weight is 293 g/mol. The molecule has 1 saturated heterocycles. The molecule has 2 bridgehead atoms. The number of likely N-dealkylation sites (tertiary alicyclic amines) is 1. The molecule has 2 amide bonds. The fraction of sp³-hybridized carbons (Fsp3) is 0.812. The van der Waals surface area contributed by atoms with Crippen molar-refractivity contribution in [3.05, 3.63) is 0 Å². The molecular weight excluding hydrogens is 270 g/mol. The predicted molar refractivity (Wildman–Crippen MR) is 74.9 cm³/mol. The SMILES string of the molecule is CCOC(=O)[C@@H](C(C)C)N1C(=O)[C@@H]2[C@@H]3CC[C@@H](C3)[C@@H]2C1=O. The Morgan fingerprint density at radius 1 is 1.19 bits per heavy atom. The number of hydrogen-bond donors (Lipinski definition) is 0. The second-order valence-corrected chi connectivity index (χ2v) is 6.87. The molecule has 0 aromatic carbocycles. The summed E-state index contributed by atoms with van der Waals surface area (Å²) in [4.78, 5) is 38.9. The minimum Gasteiger partial charge on any atom is -0.464 e. The molecule has 21 heavy (non-hydrogen) atoms. The van der Waals surface area contributed by atoms with Gasteiger partial charge in [0.25, 0.3) is 0 Å². The summed E-state index contributed by atoms with van der Waals surface area (Å²) in [5.41, 5.74) is 0. The topological polar surface area (TPSA) is 63.7 Å². The van der Waals surface area contributed by atoms with Crippen molar-refractivity contribution in [3.8, 4) is 0 Å². The van der Waals surface area contributed by atoms with Crippen molar-refractivity contribution < 1.29 is 19.1 Å². The maximum Gasteiger partial charge on any atom is 0.329 e. The molecule has 3 fully saturated rings. The zero-order valence-electron chi connectivity index (χ0n) is 12.9. The second kappa shape index (κ2) is 5.11. The number of esters is 1. The summed E-state index contributed by atoms with van der Waals surface area (Å²) in [6.07, 6.45) is 3.10. The molecular formula is C16H23NO4. The van der Waals surface area contributed by atoms with E-state index in [9.17, 15) is 14.4 Å². The van der Waals surface area contributed by atoms with E-state index in [2.05, 4.69) is 0 Å². The van der Waals surface area contributed by atoms with Crippen LogP contribution < -0.4 is 0 Å². The Morgan fingerprint density at radius 3 is 2.14 bits per heavy atom. The van der Waals surface area contributed by atoms with Crippen molar-refractivity contribution in [2.24, 2.45) is 29.6 Å². The Bertz CT molecular complexity index is 459. The van der Waals surface area contributed by atoms with E-state index in [1.54, 1.807) is 6.92 Å². The summed E-state index contributed by atoms with van der Waals surface area (Å²) in [5.74, 6) is -0.519. The number of amides is 2. The van der Waals surface area contributed by atoms with E-state index < -0.39 is 12.0 Å². The number of imide groups is 1. The first-order valence-electron chi connectivity index (χ1n) is 8.00. The lowest BCUT2D eigenvalue weighted by Gasteiger charge is -2.28. The van der Waals surface area contributed by atoms with Crippen molar-refractivity contribution in [2.75, 3.05) is 6.61 Å². The molecule has 0 N–H and O–H groups in total. The van der Waals surface area contributed by atoms with Crippen LogP contribution in [0.15, 0.2) is 0 Å². The van der Waals surface area contributed by atoms with Gasteiger partial charge in [0.15, 0.2) is 0 Å². The fourth-order valence-corrected chi connectivity index (χ4v) is 4.61. The number of nitrogens with zero attached hydrogens (tertiary/aromatic N) is 1. The molecule has 0 aromatic heterocycles. The first-order valence-corrected chi connectivity index (χ1v) is 8.00. The Hall–Kier alpha value is -1.39. The molecule has 5 nitrogen and oxygen atoms in total. The van der Waals surface area contributed by atoms with Crippen LogP contribution in [-0.4, -0.2) is 35.3 Å². The largest absolute Gasteiger partial charge is 0.464 e. The standard InChI is InChI=1S/C16H23NO4/c1-4-21-16(20)13(8(2)3)17-14(18)11-9-5-6-10(7-9)12(11)15(17)19/h8-13H,4-7H2,1-3H3/t9-,10+,11-,12+,13-/m1/s1. The summed E-state index contributed by atoms with van der Waals surface area (Å²) < 4.78 is 5.08. The summed E-state index contributed by atoms with van der Waals surface area (Å²) in [7, 11) is 0. The lowest BCUT2D eigenvalue weighted by Crippen LogP contribution is -2.49. The van der Waals surface area contributed by atoms with Crippen molar-refractivity contribution in [1.82, 2.24) is 4.90 Å². The minimum absolute atomic E-state index is 0.131. The van der Waals surface area contributed by atoms with Crippen LogP contribution >= 0.6 is 0 Å². The molecule has 0 aromatic rings. The predicted octanol–water partition coefficient (Wildman–Crippen LogP) is 1.61. The summed E-state index contributed by atoms with van der Waals surface area (Å²) >= 11 is 0. The van der Waals surface area contributed by atoms with Crippen molar-refractivity contribution >= 4 is 17.8 Å². The molecule has 0 radical (unpaired) electrons. The van der Waals surface area contributed by atoms with Crippen molar-refractivity contribution in [1.29, 1.82) is 0 Å². The van der Waals surface area contributed by atoms with Gasteiger partial charge in [-0.1, -0.05) is 13.8 Å². The van der Waals surface area contributed by atoms with Crippen LogP contribution in [0.2, 0.25) is 0 Å². The van der Waals surface area contributed by atoms with Gasteiger partial charge in [-0.05, 0) is 43.9 Å². The number of rotatable bonds is 4. The third-order valence-corrected chi connectivity index (χ3v) is 5.40. The molecule has 3 aliphatic rings. The van der Waals surface area contributed by atoms with E-state index >= 15 is 0 Å². The van der Waals surface area contributed by atoms with Crippen molar-refractivity contribution in [3.63, 3.8) is 0 Å². The van der Waals surface area contributed by atoms with E-state index in [4.69, 9.17) is 4.74 Å². The van der Waals surface area contributed by atoms with E-state index in [0.29, 0.717) is 11.8 Å². The number of carbonyl (C=O) groups is 3. The maximum absolute atomic E-state index is 12.7. The first kappa shape index (κ1) is 14.5. The third kappa shape index (κ3) is 2.00. The zero-order chi connectivity index (χ0) is 15.3. The quantitative estimate of drug-likeness (QED) is 0.583. The lowest BCUT2D eigenvalue weighted by atomic mass is 9.81. The Balaban J connectivity index is 1.89. The molecule has 1 aliphatic heterocycles. The number of ether oxygens (including phenoxy) is 1. The fourth-order valence-electron chi connectivity index (χ4n) is 4.61. The van der Waals surface area contributed by atoms with Crippen LogP contribution in [0.5, 0.6) is 0 Å². The van der Waals surface area contributed by atoms with E-state index in [1.165, 1.54) is 4.90 Å². The van der Waals surface area contributed by atoms with Gasteiger partial charge in [-0.15, -0.1) is 0 Å². The highest BCUT2D eigenvalue weighted by Crippen LogP contribution is 2.56. The van der Waals surface area contributed by atoms with Crippen LogP contribution in [0.3, 0.4) is 0 Å². The lowest BCUT2D eigenvalue weighted by molar-refractivity contribution is -0.161. The number of carbonyl (C=O) groups excluding carboxylic acids is 3. The Kier molecular flexibility index (Phi) is 3.54. The molecule has 5 atom stereocenters. The highest BCUT2D eigenvalue weighted by Gasteiger charge is 2.62. The molecule has 0 spiro atoms. The molecule has 2 saturated carbocycles. The minimum atomic E-state index is -0.769. The highest BCUT2D eigenvalue weighted by atomic mass is 16.5.